The van der Waals surface area contributed by atoms with Crippen molar-refractivity contribution in [1.82, 2.24) is 21.3 Å². The summed E-state index contributed by atoms with van der Waals surface area (Å²) in [5, 5.41) is 162. The topological polar surface area (TPSA) is 1050 Å². The van der Waals surface area contributed by atoms with E-state index in [1.165, 1.54) is 12.1 Å². The van der Waals surface area contributed by atoms with Gasteiger partial charge in [-0.05, 0) is 19.1 Å². The second kappa shape index (κ2) is 48.1. The van der Waals surface area contributed by atoms with Crippen molar-refractivity contribution in [3.63, 3.8) is 0 Å². The quantitative estimate of drug-likeness (QED) is 0.0271. The fourth-order valence-electron chi connectivity index (χ4n) is 14.7. The minimum absolute atomic E-state index is 0.0189. The summed E-state index contributed by atoms with van der Waals surface area (Å²) in [4.78, 5) is 124. The van der Waals surface area contributed by atoms with Crippen LogP contribution in [0.15, 0.2) is 24.3 Å². The molecule has 8 saturated heterocycles. The molecule has 136 heavy (non-hydrogen) atoms. The normalized spacial score (nSPS) is 39.2. The lowest BCUT2D eigenvalue weighted by molar-refractivity contribution is -0.382. The van der Waals surface area contributed by atoms with Crippen molar-refractivity contribution in [2.24, 2.45) is 47.2 Å². The molecule has 1 aromatic rings. The molecule has 20 unspecified atom stereocenters. The first-order chi connectivity index (χ1) is 63.7. The molecule has 0 saturated carbocycles. The number of aliphatic hydroxyl groups excluding tert-OH is 13. The van der Waals surface area contributed by atoms with Crippen LogP contribution in [-0.2, 0) is 204 Å². The Morgan fingerprint density at radius 3 is 0.750 bits per heavy atom. The van der Waals surface area contributed by atoms with Gasteiger partial charge < -0.3 is 183 Å². The molecular formula is C63H100N12O57S4. The third-order valence-electron chi connectivity index (χ3n) is 21.1. The molecule has 1 aromatic carbocycles. The summed E-state index contributed by atoms with van der Waals surface area (Å²) < 4.78 is 227. The lowest BCUT2D eigenvalue weighted by Gasteiger charge is -2.51. The van der Waals surface area contributed by atoms with Gasteiger partial charge in [0, 0.05) is 27.7 Å². The molecule has 69 nitrogen and oxygen atoms in total. The first-order valence-corrected chi connectivity index (χ1v) is 44.3. The minimum Gasteiger partial charge on any atom is -0.462 e. The second-order valence-corrected chi connectivity index (χ2v) is 35.2. The number of benzene rings is 1. The molecule has 8 aliphatic heterocycles. The summed E-state index contributed by atoms with van der Waals surface area (Å²) in [6, 6.07) is -2.81. The molecule has 0 radical (unpaired) electrons. The largest absolute Gasteiger partial charge is 0.462 e. The Kier molecular flexibility index (Phi) is 39.7. The van der Waals surface area contributed by atoms with E-state index < -0.39 is 361 Å². The molecule has 778 valence electrons. The highest BCUT2D eigenvalue weighted by Crippen LogP contribution is 2.41. The fourth-order valence-corrected chi connectivity index (χ4v) is 16.1. The van der Waals surface area contributed by atoms with Crippen molar-refractivity contribution in [2.45, 2.75) is 280 Å². The van der Waals surface area contributed by atoms with E-state index in [4.69, 9.17) is 130 Å². The van der Waals surface area contributed by atoms with Crippen molar-refractivity contribution in [1.29, 1.82) is 0 Å². The van der Waals surface area contributed by atoms with Gasteiger partial charge in [-0.2, -0.15) is 98.0 Å². The number of nitrogens with one attached hydrogen (secondary N) is 4. The predicted octanol–water partition coefficient (Wildman–Crippen LogP) is -21.1. The maximum Gasteiger partial charge on any atom is 0.415 e. The highest BCUT2D eigenvalue weighted by Gasteiger charge is 2.63. The standard InChI is InChI=1S/C63H100N12O57S4/c1-14-6-8-19(9-7-14)109-60-37(89)33(85)44(48(121-60)52(93)125-64)118-57-25(73-16(3)77)30(82)41(21(111-57)11-106-134(99,100)130-69)115-62-39(91)35(87)46(50(123-62)54(95)127-66)120-59-27(75-18(5)79)32(84)43(23(113-59)13-108-136(103,104)132-71)116-63-40(92)36(88)47(51(124-63)55(96)128-67)119-58-26(74-17(4)78)31(83)42(22(112-58)12-107-135(101,102)131-70)114-61-38(90)34(86)45(49(122-61)53(94)126-65)117-56-24(72-15(2)76)29(81)28(80)20(110-56)10-105-133(97,98)129-68/h6-9,20-51,56-63,80-92H,10-13,64-71H2,1-5H3,(H,72,76)(H,73,77)(H,74,78)(H,75,79)/t20?,21?,22?,23?,24?,25?,26?,27?,28-,29-,30-,31-,32-,33+,34+,35+,36+,37?,38?,39?,40?,41-,42-,43-,44-,45-,46+,47+,48?,49?,50?,51?,56?,57?,58?,59?,60-,61-,62-,63-/m1/s1. The van der Waals surface area contributed by atoms with Crippen molar-refractivity contribution >= 4 is 89.1 Å². The van der Waals surface area contributed by atoms with Crippen LogP contribution in [0, 0.1) is 6.92 Å². The molecule has 33 N–H and O–H groups in total. The van der Waals surface area contributed by atoms with Gasteiger partial charge in [0.25, 0.3) is 0 Å². The summed E-state index contributed by atoms with van der Waals surface area (Å²) in [5.74, 6) is 28.8. The zero-order chi connectivity index (χ0) is 101. The van der Waals surface area contributed by atoms with Gasteiger partial charge in [0.05, 0.1) is 26.4 Å². The van der Waals surface area contributed by atoms with Crippen LogP contribution >= 0.6 is 0 Å². The number of amides is 4. The summed E-state index contributed by atoms with van der Waals surface area (Å²) in [5.41, 5.74) is 0.744. The second-order valence-electron chi connectivity index (χ2n) is 30.2. The van der Waals surface area contributed by atoms with Gasteiger partial charge in [-0.3, -0.25) is 19.2 Å². The number of aryl methyl sites for hydroxylation is 1. The summed E-state index contributed by atoms with van der Waals surface area (Å²) in [7, 11) is -21.2. The van der Waals surface area contributed by atoms with Gasteiger partial charge in [-0.25, -0.2) is 35.9 Å². The Hall–Kier alpha value is -7.18. The first-order valence-electron chi connectivity index (χ1n) is 39.0. The average Bonchev–Trinajstić information content (AvgIpc) is 0.772. The highest BCUT2D eigenvalue weighted by molar-refractivity contribution is 7.82. The SMILES string of the molecule is CC(=O)NC1C(O[C@H]2C(C(=O)ON)O[C@@H](O[C@@H]3C(COS(=O)(=O)ON)OC(O[C@@H]4C(C(=O)ON)O[C@@H](O[C@@H]5C(COS(=O)(=O)ON)OC(O[C@@H]6C(C(=O)ON)O[C@@H](O[C@@H]7C(COS(=O)(=O)ON)OC(O[C@H]8C(C(=O)ON)O[C@@H](Oc9ccc(C)cc9)C(O)[C@@H]8O)C(NC(C)=O)[C@H]7O)C(O)[C@@H]6O)C(NC(C)=O)[C@H]5O)C(O)[C@@H]4O)C(NC(C)=O)[C@H]3O)C(O)[C@@H]2O)OC(COS(=O)(=O)ON)[C@@H](O)[C@@H]1O. The number of hydrogen-bond acceptors (Lipinski definition) is 65. The van der Waals surface area contributed by atoms with Crippen LogP contribution in [0.4, 0.5) is 0 Å². The molecule has 0 spiro atoms. The van der Waals surface area contributed by atoms with Gasteiger partial charge in [0.2, 0.25) is 29.9 Å². The van der Waals surface area contributed by atoms with Crippen molar-refractivity contribution in [2.75, 3.05) is 26.4 Å². The number of nitrogens with two attached hydrogens (primary N) is 8. The molecule has 8 fully saturated rings. The van der Waals surface area contributed by atoms with E-state index in [9.17, 15) is 138 Å². The molecule has 8 aliphatic rings. The van der Waals surface area contributed by atoms with Crippen LogP contribution in [0.2, 0.25) is 0 Å². The number of ether oxygens (including phenoxy) is 16. The molecule has 0 aromatic heterocycles. The van der Waals surface area contributed by atoms with E-state index in [1.54, 1.807) is 19.1 Å². The molecule has 8 heterocycles. The molecular weight excluding hydrogens is 1960 g/mol. The van der Waals surface area contributed by atoms with Gasteiger partial charge in [0.15, 0.2) is 68.4 Å². The number of hydrogen-bond donors (Lipinski definition) is 25. The monoisotopic (exact) mass is 2060 g/mol. The van der Waals surface area contributed by atoms with Crippen LogP contribution in [0.5, 0.6) is 5.75 Å². The van der Waals surface area contributed by atoms with E-state index >= 15 is 0 Å². The summed E-state index contributed by atoms with van der Waals surface area (Å²) in [6.45, 7) is -0.934. The fraction of sp³-hybridized carbons (Fsp3) is 0.778. The van der Waals surface area contributed by atoms with Crippen LogP contribution in [0.1, 0.15) is 33.3 Å². The molecule has 40 atom stereocenters. The lowest BCUT2D eigenvalue weighted by atomic mass is 9.93. The van der Waals surface area contributed by atoms with Gasteiger partial charge in [-0.15, -0.1) is 0 Å². The minimum atomic E-state index is -5.44. The smallest absolute Gasteiger partial charge is 0.415 e. The van der Waals surface area contributed by atoms with E-state index in [0.717, 1.165) is 33.3 Å². The predicted molar refractivity (Wildman–Crippen MR) is 405 cm³/mol. The van der Waals surface area contributed by atoms with E-state index in [2.05, 4.69) is 67.8 Å². The van der Waals surface area contributed by atoms with Crippen LogP contribution in [0.25, 0.3) is 0 Å². The third-order valence-corrected chi connectivity index (χ3v) is 23.7. The van der Waals surface area contributed by atoms with Crippen LogP contribution < -0.4 is 73.2 Å². The number of carbonyl (C=O) groups is 8. The van der Waals surface area contributed by atoms with E-state index in [-0.39, 0.29) is 5.75 Å². The Labute approximate surface area is 764 Å². The maximum atomic E-state index is 13.9. The number of rotatable bonds is 40. The number of carbonyl (C=O) groups excluding carboxylic acids is 8. The van der Waals surface area contributed by atoms with Gasteiger partial charge in [-0.1, -0.05) is 17.7 Å². The first kappa shape index (κ1) is 112. The summed E-state index contributed by atoms with van der Waals surface area (Å²) in [6.07, 6.45) is -89.7. The Morgan fingerprint density at radius 1 is 0.287 bits per heavy atom. The Balaban J connectivity index is 0.972. The Bertz CT molecular complexity index is 4700. The van der Waals surface area contributed by atoms with E-state index in [1.807, 2.05) is 0 Å². The van der Waals surface area contributed by atoms with Crippen molar-refractivity contribution in [3.8, 4) is 5.75 Å². The van der Waals surface area contributed by atoms with Gasteiger partial charge in [0.1, 0.15) is 176 Å². The average molecular weight is 2070 g/mol. The lowest BCUT2D eigenvalue weighted by Crippen LogP contribution is -2.71. The molecule has 0 bridgehead atoms. The Morgan fingerprint density at radius 2 is 0.507 bits per heavy atom. The van der Waals surface area contributed by atoms with Crippen molar-refractivity contribution < 1.29 is 267 Å². The number of aliphatic hydroxyl groups is 13. The van der Waals surface area contributed by atoms with Crippen molar-refractivity contribution in [3.05, 3.63) is 29.8 Å². The molecule has 0 aliphatic carbocycles. The summed E-state index contributed by atoms with van der Waals surface area (Å²) >= 11 is 0. The maximum absolute atomic E-state index is 13.9. The third kappa shape index (κ3) is 27.4. The van der Waals surface area contributed by atoms with Crippen LogP contribution in [-0.4, -0.2) is 419 Å². The highest BCUT2D eigenvalue weighted by atomic mass is 32.3. The van der Waals surface area contributed by atoms with E-state index in [0.29, 0.717) is 0 Å². The van der Waals surface area contributed by atoms with Gasteiger partial charge >= 0.3 is 65.5 Å². The zero-order valence-electron chi connectivity index (χ0n) is 70.3. The van der Waals surface area contributed by atoms with Crippen LogP contribution in [0.3, 0.4) is 0 Å². The molecule has 9 rings (SSSR count). The molecule has 73 heteroatoms. The molecule has 4 amide bonds. The zero-order valence-corrected chi connectivity index (χ0v) is 73.5.